The molecule has 0 aromatic heterocycles. The quantitative estimate of drug-likeness (QED) is 0.0113. The van der Waals surface area contributed by atoms with E-state index in [0.717, 1.165) is 65.5 Å². The Morgan fingerprint density at radius 1 is 0.411 bits per heavy atom. The Morgan fingerprint density at radius 3 is 1.01 bits per heavy atom. The molecule has 4 fully saturated rings. The highest BCUT2D eigenvalue weighted by Gasteiger charge is 2.46. The molecule has 10 rings (SSSR count). The first-order valence-electron chi connectivity index (χ1n) is 49.3. The monoisotopic (exact) mass is 2110 g/mol. The molecule has 4 aliphatic carbocycles. The van der Waals surface area contributed by atoms with Crippen molar-refractivity contribution in [2.75, 3.05) is 13.7 Å². The van der Waals surface area contributed by atoms with Gasteiger partial charge in [-0.2, -0.15) is 0 Å². The average Bonchev–Trinajstić information content (AvgIpc) is 1.19. The fraction of sp³-hybridized carbons (Fsp3) is 0.466. The Balaban J connectivity index is 0.000000279. The van der Waals surface area contributed by atoms with Gasteiger partial charge in [-0.3, -0.25) is 47.9 Å². The van der Waals surface area contributed by atoms with Gasteiger partial charge >= 0.3 is 5.97 Å². The third kappa shape index (κ3) is 28.7. The zero-order valence-electron chi connectivity index (χ0n) is 89.1. The van der Waals surface area contributed by atoms with Gasteiger partial charge in [-0.25, -0.2) is 4.79 Å². The first-order valence-corrected chi connectivity index (χ1v) is 51.2. The molecule has 5 aliphatic rings. The number of hydrogen-bond acceptors (Lipinski definition) is 22. The molecule has 0 radical (unpaired) electrons. The van der Waals surface area contributed by atoms with Crippen molar-refractivity contribution in [2.45, 2.75) is 275 Å². The average molecular weight is 2110 g/mol. The zero-order valence-corrected chi connectivity index (χ0v) is 92.8. The van der Waals surface area contributed by atoms with Crippen LogP contribution in [-0.2, 0) is 65.6 Å². The molecule has 792 valence electrons. The molecule has 1 aliphatic heterocycles. The van der Waals surface area contributed by atoms with Gasteiger partial charge in [0.1, 0.15) is 80.4 Å². The molecular weight excluding hydrogens is 1960 g/mol. The molecule has 5 aromatic rings. The summed E-state index contributed by atoms with van der Waals surface area (Å²) in [7, 11) is 1.49. The largest absolute Gasteiger partial charge is 0.507 e. The van der Waals surface area contributed by atoms with Crippen LogP contribution in [0.2, 0.25) is 25.1 Å². The Hall–Kier alpha value is -11.2. The lowest BCUT2D eigenvalue weighted by Crippen LogP contribution is -2.40. The number of phenols is 8. The fourth-order valence-electron chi connectivity index (χ4n) is 18.8. The molecule has 0 bridgehead atoms. The number of aromatic hydroxyl groups is 8. The molecule has 3 saturated carbocycles. The van der Waals surface area contributed by atoms with Crippen LogP contribution in [0.25, 0.3) is 0 Å². The van der Waals surface area contributed by atoms with Crippen molar-refractivity contribution in [1.82, 2.24) is 0 Å². The molecule has 1 saturated heterocycles. The summed E-state index contributed by atoms with van der Waals surface area (Å²) in [4.78, 5) is 128. The maximum Gasteiger partial charge on any atom is 0.341 e. The number of hydrogen-bond donors (Lipinski definition) is 9. The number of aldehydes is 5. The number of aliphatic carboxylic acids is 1. The second-order valence-corrected chi connectivity index (χ2v) is 43.0. The van der Waals surface area contributed by atoms with E-state index in [2.05, 4.69) is 79.7 Å². The Morgan fingerprint density at radius 2 is 0.705 bits per heavy atom. The van der Waals surface area contributed by atoms with Gasteiger partial charge < -0.3 is 60.2 Å². The molecule has 0 unspecified atom stereocenters. The van der Waals surface area contributed by atoms with Crippen LogP contribution in [0.5, 0.6) is 57.5 Å². The van der Waals surface area contributed by atoms with Crippen LogP contribution in [0, 0.1) is 104 Å². The second kappa shape index (κ2) is 53.1. The molecule has 1 heterocycles. The van der Waals surface area contributed by atoms with Crippen LogP contribution in [0.15, 0.2) is 131 Å². The van der Waals surface area contributed by atoms with E-state index < -0.39 is 18.2 Å². The third-order valence-electron chi connectivity index (χ3n) is 31.7. The molecule has 5 aromatic carbocycles. The van der Waals surface area contributed by atoms with Crippen molar-refractivity contribution in [2.24, 2.45) is 69.0 Å². The number of carbonyl (C=O) groups is 11. The van der Waals surface area contributed by atoms with Gasteiger partial charge in [0.2, 0.25) is 0 Å². The number of benzene rings is 5. The first kappa shape index (κ1) is 123. The van der Waals surface area contributed by atoms with E-state index in [-0.39, 0.29) is 222 Å². The Labute approximate surface area is 885 Å². The molecule has 0 spiro atoms. The number of methoxy groups -OCH3 is 1. The number of ether oxygens (including phenoxy) is 3. The zero-order chi connectivity index (χ0) is 111. The maximum atomic E-state index is 12.2. The number of carboxylic acids is 1. The first-order chi connectivity index (χ1) is 68.1. The van der Waals surface area contributed by atoms with Crippen LogP contribution in [0.1, 0.15) is 304 Å². The van der Waals surface area contributed by atoms with Gasteiger partial charge in [-0.05, 0) is 234 Å². The molecule has 28 heteroatoms. The van der Waals surface area contributed by atoms with E-state index in [1.165, 1.54) is 7.11 Å². The number of carbonyl (C=O) groups excluding carboxylic acids is 10. The van der Waals surface area contributed by atoms with E-state index >= 15 is 0 Å². The normalized spacial score (nSPS) is 24.1. The summed E-state index contributed by atoms with van der Waals surface area (Å²) in [6.45, 7) is 47.5. The van der Waals surface area contributed by atoms with Crippen molar-refractivity contribution in [3.8, 4) is 57.5 Å². The highest BCUT2D eigenvalue weighted by atomic mass is 35.5. The van der Waals surface area contributed by atoms with E-state index in [0.29, 0.717) is 137 Å². The molecule has 146 heavy (non-hydrogen) atoms. The summed E-state index contributed by atoms with van der Waals surface area (Å²) >= 11 is 30.9. The summed E-state index contributed by atoms with van der Waals surface area (Å²) in [5.74, 6) is -0.118. The van der Waals surface area contributed by atoms with E-state index in [1.807, 2.05) is 136 Å². The lowest BCUT2D eigenvalue weighted by Gasteiger charge is -2.42. The van der Waals surface area contributed by atoms with Gasteiger partial charge in [-0.15, -0.1) is 0 Å². The highest BCUT2D eigenvalue weighted by molar-refractivity contribution is 6.35. The number of rotatable bonds is 31. The minimum atomic E-state index is -1.18. The number of halogens is 5. The summed E-state index contributed by atoms with van der Waals surface area (Å²) in [5.41, 5.74) is 8.02. The summed E-state index contributed by atoms with van der Waals surface area (Å²) in [6, 6.07) is 0. The molecular formula is C118H147Cl5O23. The van der Waals surface area contributed by atoms with Crippen molar-refractivity contribution in [3.63, 3.8) is 0 Å². The maximum absolute atomic E-state index is 12.2. The second-order valence-electron chi connectivity index (χ2n) is 41.1. The topological polar surface area (TPSA) is 398 Å². The van der Waals surface area contributed by atoms with Crippen molar-refractivity contribution >= 4 is 124 Å². The van der Waals surface area contributed by atoms with Gasteiger partial charge in [0.15, 0.2) is 49.6 Å². The minimum absolute atomic E-state index is 0.00880. The van der Waals surface area contributed by atoms with Crippen molar-refractivity contribution in [1.29, 1.82) is 0 Å². The lowest BCUT2D eigenvalue weighted by atomic mass is 9.61. The minimum Gasteiger partial charge on any atom is -0.507 e. The van der Waals surface area contributed by atoms with Crippen LogP contribution >= 0.6 is 58.0 Å². The molecule has 23 nitrogen and oxygen atoms in total. The van der Waals surface area contributed by atoms with Crippen LogP contribution in [0.3, 0.4) is 0 Å². The number of Topliss-reactive ketones (excluding diaryl/α,β-unsaturated/α-hetero) is 4. The molecule has 13 atom stereocenters. The molecule has 9 N–H and O–H groups in total. The number of allylic oxidation sites excluding steroid dienone is 21. The standard InChI is InChI=1S/C25H31ClO6.C24H31ClO4.C23H29ClO5.C23H29ClO4.C23H27ClO4/c1-14(10-11-25(5)15(2)7-9-20(28)17(25)4)6-8-18-23(31)19(12-27)16(3)22(26)24(18)32-13-21(29)30;1-14(11-12-24(5)15(2)8-10-20(27)17(24)4)7-9-18-22(28)19(13-26)16(3)21(25)23(18)29-6;1-13(7-6-8-14(2)18-11-19(26)23(4,5)29-18)9-10-16-21(27)17(12-25)15(3)20(24)22(16)28;2*1-13(10-11-23(5)14(2)7-9-19(26)16(23)4)6-8-17-21(27)18(12-25)15(3)20(24)22(17)28/h6,10-12,15,17,31H,7-9,13H2,1-5H3,(H,29,30);7,11-13,15,17,28H,8-10H2,1-6H3;8-9,12,18,27-28H,6-7,10-11H2,1-5H3;6,10-12,14,16,27-28H,7-9H2,1-5H3;6-7,9-12,14,16,27-28H,8H2,1-5H3/b11-10+,14-6+;12-11+,14-7+;13-9+,14-8+;2*11-10+,13-6+/t15-,17+,25+;15-,17+,24+;18-;2*14-,16+,23+/m11011/s1. The smallest absolute Gasteiger partial charge is 0.341 e. The lowest BCUT2D eigenvalue weighted by molar-refractivity contribution is -0.139. The summed E-state index contributed by atoms with van der Waals surface area (Å²) < 4.78 is 16.6. The SMILES string of the molecule is C/C(=C\Cc1c(O)c(Cl)c(C)c(C=O)c1O)CC/C=C(\C)[C@@H]1CC(=O)C(C)(C)O1.CC(/C=C/[C@@]1(C)[C@H](C)C=CC(=O)[C@@H]1C)=C\Cc1c(O)c(Cl)c(C)c(C=O)c1O.CC(/C=C/[C@@]1(C)[C@H](C)CCC(=O)[C@@H]1C)=C\Cc1c(O)c(C=O)c(C)c(Cl)c1OCC(=O)O.CC(/C=C/[C@@]1(C)[C@H](C)CCC(=O)[C@@H]1C)=C\Cc1c(O)c(Cl)c(C)c(C=O)c1O.COc1c(Cl)c(C)c(C=O)c(O)c1C/C=C(C)/C=C/[C@@]1(C)[C@H](C)CCC(=O)[C@@H]1C. The van der Waals surface area contributed by atoms with Crippen LogP contribution in [-0.4, -0.2) is 138 Å². The Kier molecular flexibility index (Phi) is 44.9. The third-order valence-corrected chi connectivity index (χ3v) is 34.0. The summed E-state index contributed by atoms with van der Waals surface area (Å²) in [6.07, 6.45) is 41.8. The van der Waals surface area contributed by atoms with E-state index in [9.17, 15) is 93.6 Å². The summed E-state index contributed by atoms with van der Waals surface area (Å²) in [5, 5.41) is 92.5. The van der Waals surface area contributed by atoms with Gasteiger partial charge in [0.25, 0.3) is 0 Å². The predicted octanol–water partition coefficient (Wildman–Crippen LogP) is 27.3. The van der Waals surface area contributed by atoms with Gasteiger partial charge in [0, 0.05) is 82.6 Å². The van der Waals surface area contributed by atoms with Gasteiger partial charge in [-0.1, -0.05) is 260 Å². The van der Waals surface area contributed by atoms with Crippen molar-refractivity contribution in [3.05, 3.63) is 239 Å². The van der Waals surface area contributed by atoms with Crippen LogP contribution < -0.4 is 9.47 Å². The number of ketones is 5. The Bertz CT molecular complexity index is 6180. The fourth-order valence-corrected chi connectivity index (χ4v) is 20.0. The van der Waals surface area contributed by atoms with E-state index in [1.54, 1.807) is 54.5 Å². The van der Waals surface area contributed by atoms with Crippen LogP contribution in [0.4, 0.5) is 0 Å². The van der Waals surface area contributed by atoms with E-state index in [4.69, 9.17) is 77.3 Å². The molecule has 0 amide bonds. The highest BCUT2D eigenvalue weighted by Crippen LogP contribution is 2.52. The number of carboxylic acid groups (broad SMARTS) is 1. The van der Waals surface area contributed by atoms with Crippen molar-refractivity contribution < 1.29 is 113 Å². The number of phenolic OH excluding ortho intramolecular Hbond substituents is 8. The predicted molar refractivity (Wildman–Crippen MR) is 579 cm³/mol. The van der Waals surface area contributed by atoms with Gasteiger partial charge in [0.05, 0.1) is 66.1 Å².